The molecule has 0 atom stereocenters. The van der Waals surface area contributed by atoms with E-state index in [-0.39, 0.29) is 17.1 Å². The number of aryl methyl sites for hydroxylation is 1. The van der Waals surface area contributed by atoms with Crippen molar-refractivity contribution < 1.29 is 17.1 Å². The van der Waals surface area contributed by atoms with Crippen LogP contribution in [-0.2, 0) is 17.1 Å². The Morgan fingerprint density at radius 3 is 2.62 bits per heavy atom. The van der Waals surface area contributed by atoms with E-state index in [0.29, 0.717) is 0 Å². The molecule has 0 aliphatic carbocycles. The van der Waals surface area contributed by atoms with Crippen LogP contribution in [0.4, 0.5) is 0 Å². The Bertz CT molecular complexity index is 138. The van der Waals surface area contributed by atoms with E-state index in [1.54, 1.807) is 12.4 Å². The van der Waals surface area contributed by atoms with Crippen LogP contribution in [0.3, 0.4) is 0 Å². The third kappa shape index (κ3) is 2.10. The van der Waals surface area contributed by atoms with Crippen molar-refractivity contribution in [3.8, 4) is 0 Å². The Hall–Kier alpha value is -0.331. The number of hydrogen-bond acceptors (Lipinski definition) is 1. The predicted octanol–water partition coefficient (Wildman–Crippen LogP) is 1.19. The van der Waals surface area contributed by atoms with Gasteiger partial charge in [-0.25, -0.2) is 11.6 Å². The number of hydrogen-bond donors (Lipinski definition) is 0. The van der Waals surface area contributed by atoms with Gasteiger partial charge < -0.3 is 4.98 Å². The van der Waals surface area contributed by atoms with Crippen molar-refractivity contribution in [1.82, 2.24) is 4.98 Å². The van der Waals surface area contributed by atoms with Gasteiger partial charge in [-0.15, -0.1) is 0 Å². The summed E-state index contributed by atoms with van der Waals surface area (Å²) >= 11 is 0. The molecule has 1 aromatic rings. The topological polar surface area (TPSA) is 12.9 Å². The SMILES string of the molecule is Cc1[c-]cncc1.[Mn]. The molecular weight excluding hydrogens is 141 g/mol. The number of aromatic nitrogens is 1. The molecule has 0 bridgehead atoms. The summed E-state index contributed by atoms with van der Waals surface area (Å²) in [5.74, 6) is 0. The molecule has 8 heavy (non-hydrogen) atoms. The molecule has 0 fully saturated rings. The minimum atomic E-state index is 0. The average Bonchev–Trinajstić information content (AvgIpc) is 1.69. The van der Waals surface area contributed by atoms with Crippen LogP contribution in [0.1, 0.15) is 5.56 Å². The Kier molecular flexibility index (Phi) is 3.49. The van der Waals surface area contributed by atoms with Crippen molar-refractivity contribution in [2.24, 2.45) is 0 Å². The molecule has 0 saturated heterocycles. The molecule has 0 aliphatic rings. The molecule has 1 nitrogen and oxygen atoms in total. The summed E-state index contributed by atoms with van der Waals surface area (Å²) in [6.45, 7) is 1.99. The van der Waals surface area contributed by atoms with E-state index in [9.17, 15) is 0 Å². The van der Waals surface area contributed by atoms with Crippen LogP contribution in [-0.4, -0.2) is 4.98 Å². The molecule has 0 N–H and O–H groups in total. The van der Waals surface area contributed by atoms with Gasteiger partial charge in [0, 0.05) is 17.1 Å². The second kappa shape index (κ2) is 3.64. The normalized spacial score (nSPS) is 7.62. The zero-order chi connectivity index (χ0) is 5.11. The van der Waals surface area contributed by atoms with Gasteiger partial charge in [0.15, 0.2) is 0 Å². The van der Waals surface area contributed by atoms with E-state index in [1.165, 1.54) is 0 Å². The Labute approximate surface area is 59.6 Å². The van der Waals surface area contributed by atoms with Crippen LogP contribution in [0.2, 0.25) is 0 Å². The van der Waals surface area contributed by atoms with E-state index < -0.39 is 0 Å². The minimum Gasteiger partial charge on any atom is -0.304 e. The first-order valence-corrected chi connectivity index (χ1v) is 2.18. The predicted molar refractivity (Wildman–Crippen MR) is 27.8 cm³/mol. The molecule has 0 aromatic carbocycles. The number of nitrogens with zero attached hydrogens (tertiary/aromatic N) is 1. The van der Waals surface area contributed by atoms with Crippen molar-refractivity contribution in [2.45, 2.75) is 6.92 Å². The molecular formula is C6H6MnN-. The zero-order valence-corrected chi connectivity index (χ0v) is 5.74. The van der Waals surface area contributed by atoms with Crippen molar-refractivity contribution in [3.05, 3.63) is 30.1 Å². The first-order valence-electron chi connectivity index (χ1n) is 2.18. The Balaban J connectivity index is 0.000000490. The second-order valence-electron chi connectivity index (χ2n) is 1.42. The Morgan fingerprint density at radius 1 is 1.62 bits per heavy atom. The molecule has 0 aliphatic heterocycles. The fourth-order valence-corrected chi connectivity index (χ4v) is 0.385. The summed E-state index contributed by atoms with van der Waals surface area (Å²) < 4.78 is 0. The van der Waals surface area contributed by atoms with Crippen LogP contribution < -0.4 is 0 Å². The first-order chi connectivity index (χ1) is 3.39. The van der Waals surface area contributed by atoms with Crippen LogP contribution in [0.15, 0.2) is 18.5 Å². The maximum Gasteiger partial charge on any atom is 0 e. The zero-order valence-electron chi connectivity index (χ0n) is 4.56. The summed E-state index contributed by atoms with van der Waals surface area (Å²) in [7, 11) is 0. The van der Waals surface area contributed by atoms with Crippen LogP contribution in [0.5, 0.6) is 0 Å². The maximum atomic E-state index is 3.79. The average molecular weight is 147 g/mol. The summed E-state index contributed by atoms with van der Waals surface area (Å²) in [4.78, 5) is 3.79. The maximum absolute atomic E-state index is 3.79. The van der Waals surface area contributed by atoms with Crippen molar-refractivity contribution in [2.75, 3.05) is 0 Å². The molecule has 0 unspecified atom stereocenters. The standard InChI is InChI=1S/C6H6N.Mn/c1-6-2-4-7-5-3-6;/h2,4-5H,1H3;/q-1;. The first kappa shape index (κ1) is 7.67. The summed E-state index contributed by atoms with van der Waals surface area (Å²) in [6, 6.07) is 4.84. The van der Waals surface area contributed by atoms with E-state index in [4.69, 9.17) is 0 Å². The molecule has 1 radical (unpaired) electrons. The van der Waals surface area contributed by atoms with Crippen LogP contribution >= 0.6 is 0 Å². The van der Waals surface area contributed by atoms with Gasteiger partial charge in [-0.3, -0.25) is 0 Å². The second-order valence-corrected chi connectivity index (χ2v) is 1.42. The fourth-order valence-electron chi connectivity index (χ4n) is 0.385. The fraction of sp³-hybridized carbons (Fsp3) is 0.167. The molecule has 0 saturated carbocycles. The van der Waals surface area contributed by atoms with E-state index >= 15 is 0 Å². The van der Waals surface area contributed by atoms with Gasteiger partial charge in [-0.1, -0.05) is 19.3 Å². The number of rotatable bonds is 0. The molecule has 2 heteroatoms. The molecule has 43 valence electrons. The van der Waals surface area contributed by atoms with Gasteiger partial charge in [-0.2, -0.15) is 6.07 Å². The molecule has 1 heterocycles. The van der Waals surface area contributed by atoms with Crippen molar-refractivity contribution >= 4 is 0 Å². The summed E-state index contributed by atoms with van der Waals surface area (Å²) in [5.41, 5.74) is 1.13. The molecule has 0 amide bonds. The van der Waals surface area contributed by atoms with E-state index in [2.05, 4.69) is 11.1 Å². The van der Waals surface area contributed by atoms with Crippen molar-refractivity contribution in [1.29, 1.82) is 0 Å². The summed E-state index contributed by atoms with van der Waals surface area (Å²) in [6.07, 6.45) is 3.42. The third-order valence-electron chi connectivity index (χ3n) is 0.777. The molecule has 1 rings (SSSR count). The molecule has 1 aromatic heterocycles. The van der Waals surface area contributed by atoms with E-state index in [1.807, 2.05) is 13.0 Å². The molecule has 0 spiro atoms. The van der Waals surface area contributed by atoms with Crippen LogP contribution in [0, 0.1) is 13.0 Å². The van der Waals surface area contributed by atoms with Crippen molar-refractivity contribution in [3.63, 3.8) is 0 Å². The third-order valence-corrected chi connectivity index (χ3v) is 0.777. The van der Waals surface area contributed by atoms with Gasteiger partial charge in [0.05, 0.1) is 0 Å². The largest absolute Gasteiger partial charge is 0.304 e. The summed E-state index contributed by atoms with van der Waals surface area (Å²) in [5, 5.41) is 0. The van der Waals surface area contributed by atoms with Gasteiger partial charge in [0.25, 0.3) is 0 Å². The monoisotopic (exact) mass is 147 g/mol. The number of pyridine rings is 1. The minimum absolute atomic E-state index is 0. The van der Waals surface area contributed by atoms with Gasteiger partial charge in [0.1, 0.15) is 0 Å². The quantitative estimate of drug-likeness (QED) is 0.396. The Morgan fingerprint density at radius 2 is 2.38 bits per heavy atom. The van der Waals surface area contributed by atoms with E-state index in [0.717, 1.165) is 5.56 Å². The van der Waals surface area contributed by atoms with Gasteiger partial charge in [0.2, 0.25) is 0 Å². The van der Waals surface area contributed by atoms with Gasteiger partial charge >= 0.3 is 0 Å². The van der Waals surface area contributed by atoms with Crippen LogP contribution in [0.25, 0.3) is 0 Å². The smallest absolute Gasteiger partial charge is 0 e. The van der Waals surface area contributed by atoms with Gasteiger partial charge in [-0.05, 0) is 0 Å².